The van der Waals surface area contributed by atoms with Crippen molar-refractivity contribution in [1.29, 1.82) is 0 Å². The predicted octanol–water partition coefficient (Wildman–Crippen LogP) is 4.04. The number of nitrogens with zero attached hydrogens (tertiary/aromatic N) is 1. The molecule has 0 spiro atoms. The average molecular weight is 294 g/mol. The monoisotopic (exact) mass is 294 g/mol. The minimum absolute atomic E-state index is 0.856. The van der Waals surface area contributed by atoms with Gasteiger partial charge in [0.1, 0.15) is 0 Å². The topological polar surface area (TPSA) is 15.3 Å². The van der Waals surface area contributed by atoms with Crippen LogP contribution in [0.2, 0.25) is 0 Å². The molecule has 1 fully saturated rings. The molecule has 1 aliphatic heterocycles. The third kappa shape index (κ3) is 4.11. The molecule has 0 radical (unpaired) electrons. The summed E-state index contributed by atoms with van der Waals surface area (Å²) in [7, 11) is 0. The van der Waals surface area contributed by atoms with Crippen LogP contribution in [0.3, 0.4) is 0 Å². The molecule has 0 bridgehead atoms. The Kier molecular flexibility index (Phi) is 5.52. The van der Waals surface area contributed by atoms with E-state index in [1.54, 1.807) is 0 Å². The van der Waals surface area contributed by atoms with Crippen LogP contribution in [0.4, 0.5) is 5.69 Å². The number of rotatable bonds is 4. The Morgan fingerprint density at radius 1 is 1.47 bits per heavy atom. The molecule has 1 saturated heterocycles. The first-order valence-electron chi connectivity index (χ1n) is 6.94. The SMILES string of the molecule is CCCCc1ccc(NC(=S)N2CCSC2)c(C)c1. The first-order chi connectivity index (χ1) is 9.20. The number of nitrogens with one attached hydrogen (secondary N) is 1. The highest BCUT2D eigenvalue weighted by atomic mass is 32.2. The summed E-state index contributed by atoms with van der Waals surface area (Å²) in [5.41, 5.74) is 3.84. The molecule has 1 aliphatic rings. The summed E-state index contributed by atoms with van der Waals surface area (Å²) in [6.07, 6.45) is 3.68. The van der Waals surface area contributed by atoms with E-state index in [9.17, 15) is 0 Å². The maximum atomic E-state index is 5.46. The van der Waals surface area contributed by atoms with Gasteiger partial charge in [0.05, 0.1) is 5.88 Å². The molecule has 0 atom stereocenters. The van der Waals surface area contributed by atoms with E-state index >= 15 is 0 Å². The maximum absolute atomic E-state index is 5.46. The molecular formula is C15H22N2S2. The Balaban J connectivity index is 1.98. The van der Waals surface area contributed by atoms with E-state index in [1.165, 1.54) is 36.1 Å². The van der Waals surface area contributed by atoms with Crippen LogP contribution in [-0.4, -0.2) is 28.2 Å². The van der Waals surface area contributed by atoms with Gasteiger partial charge in [0, 0.05) is 18.0 Å². The largest absolute Gasteiger partial charge is 0.339 e. The highest BCUT2D eigenvalue weighted by Gasteiger charge is 2.15. The van der Waals surface area contributed by atoms with Crippen molar-refractivity contribution in [1.82, 2.24) is 4.90 Å². The van der Waals surface area contributed by atoms with Gasteiger partial charge >= 0.3 is 0 Å². The zero-order chi connectivity index (χ0) is 13.7. The molecule has 0 aliphatic carbocycles. The molecule has 0 unspecified atom stereocenters. The fraction of sp³-hybridized carbons (Fsp3) is 0.533. The van der Waals surface area contributed by atoms with Crippen LogP contribution in [0.1, 0.15) is 30.9 Å². The zero-order valence-electron chi connectivity index (χ0n) is 11.7. The molecule has 2 nitrogen and oxygen atoms in total. The number of aryl methyl sites for hydroxylation is 2. The number of thiocarbonyl (C=S) groups is 1. The van der Waals surface area contributed by atoms with E-state index < -0.39 is 0 Å². The summed E-state index contributed by atoms with van der Waals surface area (Å²) in [4.78, 5) is 2.23. The fourth-order valence-electron chi connectivity index (χ4n) is 2.17. The van der Waals surface area contributed by atoms with Crippen LogP contribution >= 0.6 is 24.0 Å². The lowest BCUT2D eigenvalue weighted by Gasteiger charge is -2.20. The Bertz CT molecular complexity index is 440. The summed E-state index contributed by atoms with van der Waals surface area (Å²) in [6, 6.07) is 6.65. The second-order valence-electron chi connectivity index (χ2n) is 4.98. The van der Waals surface area contributed by atoms with Crippen molar-refractivity contribution < 1.29 is 0 Å². The third-order valence-corrected chi connectivity index (χ3v) is 4.72. The van der Waals surface area contributed by atoms with E-state index in [4.69, 9.17) is 12.2 Å². The van der Waals surface area contributed by atoms with Gasteiger partial charge in [-0.05, 0) is 49.2 Å². The van der Waals surface area contributed by atoms with Gasteiger partial charge in [0.15, 0.2) is 5.11 Å². The standard InChI is InChI=1S/C15H22N2S2/c1-3-4-5-13-6-7-14(12(2)10-13)16-15(18)17-8-9-19-11-17/h6-7,10H,3-5,8-9,11H2,1-2H3,(H,16,18). The highest BCUT2D eigenvalue weighted by molar-refractivity contribution is 7.99. The second kappa shape index (κ2) is 7.15. The van der Waals surface area contributed by atoms with Crippen LogP contribution < -0.4 is 5.32 Å². The lowest BCUT2D eigenvalue weighted by Crippen LogP contribution is -2.32. The molecule has 0 saturated carbocycles. The van der Waals surface area contributed by atoms with Crippen LogP contribution in [0.25, 0.3) is 0 Å². The first kappa shape index (κ1) is 14.7. The molecule has 1 N–H and O–H groups in total. The van der Waals surface area contributed by atoms with Crippen molar-refractivity contribution in [3.63, 3.8) is 0 Å². The number of thioether (sulfide) groups is 1. The Labute approximate surface area is 126 Å². The highest BCUT2D eigenvalue weighted by Crippen LogP contribution is 2.20. The lowest BCUT2D eigenvalue weighted by molar-refractivity contribution is 0.552. The summed E-state index contributed by atoms with van der Waals surface area (Å²) >= 11 is 7.39. The van der Waals surface area contributed by atoms with E-state index in [1.807, 2.05) is 11.8 Å². The van der Waals surface area contributed by atoms with Gasteiger partial charge in [0.25, 0.3) is 0 Å². The molecule has 1 aromatic carbocycles. The number of anilines is 1. The normalized spacial score (nSPS) is 14.7. The number of unbranched alkanes of at least 4 members (excludes halogenated alkanes) is 1. The minimum atomic E-state index is 0.856. The summed E-state index contributed by atoms with van der Waals surface area (Å²) in [5.74, 6) is 2.19. The van der Waals surface area contributed by atoms with Crippen molar-refractivity contribution in [3.8, 4) is 0 Å². The van der Waals surface area contributed by atoms with Crippen molar-refractivity contribution in [2.45, 2.75) is 33.1 Å². The van der Waals surface area contributed by atoms with Crippen LogP contribution in [0.5, 0.6) is 0 Å². The molecule has 1 aromatic rings. The number of benzene rings is 1. The Morgan fingerprint density at radius 3 is 2.95 bits per heavy atom. The second-order valence-corrected chi connectivity index (χ2v) is 6.45. The van der Waals surface area contributed by atoms with Crippen molar-refractivity contribution in [2.75, 3.05) is 23.5 Å². The van der Waals surface area contributed by atoms with Gasteiger partial charge in [-0.15, -0.1) is 11.8 Å². The summed E-state index contributed by atoms with van der Waals surface area (Å²) < 4.78 is 0. The van der Waals surface area contributed by atoms with Gasteiger partial charge in [-0.3, -0.25) is 0 Å². The van der Waals surface area contributed by atoms with Gasteiger partial charge < -0.3 is 10.2 Å². The average Bonchev–Trinajstić information content (AvgIpc) is 2.93. The van der Waals surface area contributed by atoms with Crippen molar-refractivity contribution in [3.05, 3.63) is 29.3 Å². The molecule has 0 aromatic heterocycles. The van der Waals surface area contributed by atoms with Gasteiger partial charge in [-0.2, -0.15) is 0 Å². The quantitative estimate of drug-likeness (QED) is 0.843. The molecule has 4 heteroatoms. The van der Waals surface area contributed by atoms with Crippen LogP contribution in [0.15, 0.2) is 18.2 Å². The minimum Gasteiger partial charge on any atom is -0.339 e. The van der Waals surface area contributed by atoms with E-state index in [2.05, 4.69) is 42.3 Å². The van der Waals surface area contributed by atoms with Crippen molar-refractivity contribution >= 4 is 34.8 Å². The molecule has 2 rings (SSSR count). The van der Waals surface area contributed by atoms with Crippen molar-refractivity contribution in [2.24, 2.45) is 0 Å². The third-order valence-electron chi connectivity index (χ3n) is 3.39. The zero-order valence-corrected chi connectivity index (χ0v) is 13.4. The van der Waals surface area contributed by atoms with E-state index in [0.29, 0.717) is 0 Å². The smallest absolute Gasteiger partial charge is 0.174 e. The molecular weight excluding hydrogens is 272 g/mol. The Morgan fingerprint density at radius 2 is 2.32 bits per heavy atom. The summed E-state index contributed by atoms with van der Waals surface area (Å²) in [6.45, 7) is 5.44. The summed E-state index contributed by atoms with van der Waals surface area (Å²) in [5, 5.41) is 4.24. The Hall–Kier alpha value is -0.740. The maximum Gasteiger partial charge on any atom is 0.174 e. The number of hydrogen-bond donors (Lipinski definition) is 1. The molecule has 1 heterocycles. The molecule has 19 heavy (non-hydrogen) atoms. The lowest BCUT2D eigenvalue weighted by atomic mass is 10.0. The number of hydrogen-bond acceptors (Lipinski definition) is 2. The molecule has 0 amide bonds. The molecule has 104 valence electrons. The van der Waals surface area contributed by atoms with Gasteiger partial charge in [0.2, 0.25) is 0 Å². The first-order valence-corrected chi connectivity index (χ1v) is 8.50. The van der Waals surface area contributed by atoms with E-state index in [0.717, 1.165) is 23.2 Å². The predicted molar refractivity (Wildman–Crippen MR) is 90.0 cm³/mol. The van der Waals surface area contributed by atoms with Gasteiger partial charge in [-0.1, -0.05) is 25.5 Å². The van der Waals surface area contributed by atoms with Crippen LogP contribution in [-0.2, 0) is 6.42 Å². The van der Waals surface area contributed by atoms with Gasteiger partial charge in [-0.25, -0.2) is 0 Å². The van der Waals surface area contributed by atoms with Crippen LogP contribution in [0, 0.1) is 6.92 Å². The van der Waals surface area contributed by atoms with E-state index in [-0.39, 0.29) is 0 Å². The fourth-order valence-corrected chi connectivity index (χ4v) is 3.48.